The van der Waals surface area contributed by atoms with Crippen molar-refractivity contribution in [2.75, 3.05) is 0 Å². The fourth-order valence-corrected chi connectivity index (χ4v) is 1.74. The number of benzene rings is 1. The minimum absolute atomic E-state index is 0.107. The van der Waals surface area contributed by atoms with Crippen LogP contribution >= 0.6 is 0 Å². The largest absolute Gasteiger partial charge is 0.276 e. The first-order valence-electron chi connectivity index (χ1n) is 5.29. The molecule has 1 aromatic carbocycles. The molecule has 1 unspecified atom stereocenters. The first kappa shape index (κ1) is 10.9. The first-order chi connectivity index (χ1) is 7.79. The molecule has 0 aliphatic heterocycles. The Kier molecular flexibility index (Phi) is 3.34. The van der Waals surface area contributed by atoms with E-state index in [1.807, 2.05) is 37.5 Å². The van der Waals surface area contributed by atoms with Gasteiger partial charge in [0.15, 0.2) is 0 Å². The predicted octanol–water partition coefficient (Wildman–Crippen LogP) is 1.17. The Hall–Kier alpha value is -1.65. The number of hydrogen-bond donors (Lipinski definition) is 2. The third kappa shape index (κ3) is 2.48. The Balaban J connectivity index is 2.12. The van der Waals surface area contributed by atoms with Crippen LogP contribution in [0.15, 0.2) is 42.6 Å². The van der Waals surface area contributed by atoms with Gasteiger partial charge in [-0.15, -0.1) is 0 Å². The number of hydrazine groups is 1. The van der Waals surface area contributed by atoms with Gasteiger partial charge >= 0.3 is 0 Å². The summed E-state index contributed by atoms with van der Waals surface area (Å²) >= 11 is 0. The molecule has 0 aliphatic rings. The molecule has 0 fully saturated rings. The molecule has 84 valence electrons. The van der Waals surface area contributed by atoms with E-state index in [0.717, 1.165) is 12.1 Å². The van der Waals surface area contributed by atoms with Crippen LogP contribution < -0.4 is 11.3 Å². The van der Waals surface area contributed by atoms with Crippen LogP contribution in [0, 0.1) is 0 Å². The fraction of sp³-hybridized carbons (Fsp3) is 0.250. The van der Waals surface area contributed by atoms with Gasteiger partial charge in [0.2, 0.25) is 0 Å². The number of nitrogens with zero attached hydrogens (tertiary/aromatic N) is 2. The molecule has 2 aromatic rings. The number of hydrogen-bond acceptors (Lipinski definition) is 3. The molecule has 4 heteroatoms. The minimum Gasteiger partial charge on any atom is -0.276 e. The summed E-state index contributed by atoms with van der Waals surface area (Å²) in [6.07, 6.45) is 2.73. The van der Waals surface area contributed by atoms with Crippen molar-refractivity contribution in [3.8, 4) is 0 Å². The van der Waals surface area contributed by atoms with E-state index >= 15 is 0 Å². The van der Waals surface area contributed by atoms with Crippen LogP contribution in [0.5, 0.6) is 0 Å². The van der Waals surface area contributed by atoms with Gasteiger partial charge in [0.25, 0.3) is 0 Å². The molecule has 3 N–H and O–H groups in total. The number of rotatable bonds is 4. The molecule has 2 rings (SSSR count). The van der Waals surface area contributed by atoms with Crippen LogP contribution in [-0.2, 0) is 13.5 Å². The third-order valence-corrected chi connectivity index (χ3v) is 2.59. The molecule has 0 spiro atoms. The summed E-state index contributed by atoms with van der Waals surface area (Å²) in [6, 6.07) is 12.3. The highest BCUT2D eigenvalue weighted by Crippen LogP contribution is 2.15. The van der Waals surface area contributed by atoms with E-state index in [1.54, 1.807) is 4.68 Å². The number of nitrogens with one attached hydrogen (secondary N) is 1. The number of aromatic nitrogens is 2. The van der Waals surface area contributed by atoms with Crippen LogP contribution in [0.4, 0.5) is 0 Å². The summed E-state index contributed by atoms with van der Waals surface area (Å²) in [5.74, 6) is 5.57. The van der Waals surface area contributed by atoms with Gasteiger partial charge in [-0.1, -0.05) is 30.3 Å². The van der Waals surface area contributed by atoms with Crippen LogP contribution in [0.3, 0.4) is 0 Å². The van der Waals surface area contributed by atoms with Gasteiger partial charge in [-0.2, -0.15) is 5.10 Å². The molecule has 0 saturated heterocycles. The van der Waals surface area contributed by atoms with Gasteiger partial charge < -0.3 is 0 Å². The molecule has 16 heavy (non-hydrogen) atoms. The van der Waals surface area contributed by atoms with Crippen molar-refractivity contribution in [2.24, 2.45) is 12.9 Å². The molecule has 0 amide bonds. The van der Waals surface area contributed by atoms with E-state index in [0.29, 0.717) is 0 Å². The summed E-state index contributed by atoms with van der Waals surface area (Å²) < 4.78 is 1.80. The topological polar surface area (TPSA) is 55.9 Å². The Labute approximate surface area is 95.1 Å². The monoisotopic (exact) mass is 216 g/mol. The maximum Gasteiger partial charge on any atom is 0.0643 e. The molecule has 1 atom stereocenters. The van der Waals surface area contributed by atoms with Crippen LogP contribution in [-0.4, -0.2) is 9.78 Å². The third-order valence-electron chi connectivity index (χ3n) is 2.59. The molecule has 0 aliphatic carbocycles. The highest BCUT2D eigenvalue weighted by atomic mass is 15.3. The standard InChI is InChI=1S/C12H16N4/c1-16-8-7-11(15-16)9-12(14-13)10-5-3-2-4-6-10/h2-8,12,14H,9,13H2,1H3. The molecule has 1 heterocycles. The van der Waals surface area contributed by atoms with Crippen molar-refractivity contribution in [3.63, 3.8) is 0 Å². The zero-order valence-corrected chi connectivity index (χ0v) is 9.30. The lowest BCUT2D eigenvalue weighted by Gasteiger charge is -2.14. The Bertz CT molecular complexity index is 435. The summed E-state index contributed by atoms with van der Waals surface area (Å²) in [4.78, 5) is 0. The van der Waals surface area contributed by atoms with E-state index in [1.165, 1.54) is 5.56 Å². The maximum atomic E-state index is 5.57. The van der Waals surface area contributed by atoms with Gasteiger partial charge in [0, 0.05) is 19.7 Å². The van der Waals surface area contributed by atoms with Gasteiger partial charge in [-0.3, -0.25) is 16.0 Å². The summed E-state index contributed by atoms with van der Waals surface area (Å²) in [5.41, 5.74) is 5.04. The second-order valence-electron chi connectivity index (χ2n) is 3.81. The van der Waals surface area contributed by atoms with Crippen molar-refractivity contribution < 1.29 is 0 Å². The van der Waals surface area contributed by atoms with Crippen molar-refractivity contribution in [2.45, 2.75) is 12.5 Å². The molecule has 0 radical (unpaired) electrons. The van der Waals surface area contributed by atoms with Gasteiger partial charge in [-0.25, -0.2) is 0 Å². The zero-order valence-electron chi connectivity index (χ0n) is 9.30. The first-order valence-corrected chi connectivity index (χ1v) is 5.29. The van der Waals surface area contributed by atoms with E-state index < -0.39 is 0 Å². The fourth-order valence-electron chi connectivity index (χ4n) is 1.74. The Morgan fingerprint density at radius 2 is 2.06 bits per heavy atom. The van der Waals surface area contributed by atoms with E-state index in [-0.39, 0.29) is 6.04 Å². The molecule has 0 saturated carbocycles. The van der Waals surface area contributed by atoms with Gasteiger partial charge in [0.05, 0.1) is 11.7 Å². The second kappa shape index (κ2) is 4.92. The van der Waals surface area contributed by atoms with Crippen LogP contribution in [0.2, 0.25) is 0 Å². The Morgan fingerprint density at radius 3 is 2.62 bits per heavy atom. The molecule has 1 aromatic heterocycles. The minimum atomic E-state index is 0.107. The van der Waals surface area contributed by atoms with Gasteiger partial charge in [-0.05, 0) is 11.6 Å². The quantitative estimate of drug-likeness (QED) is 0.596. The number of aryl methyl sites for hydroxylation is 1. The van der Waals surface area contributed by atoms with Crippen molar-refractivity contribution >= 4 is 0 Å². The molecule has 4 nitrogen and oxygen atoms in total. The summed E-state index contributed by atoms with van der Waals surface area (Å²) in [7, 11) is 1.91. The molecular formula is C12H16N4. The van der Waals surface area contributed by atoms with Gasteiger partial charge in [0.1, 0.15) is 0 Å². The average molecular weight is 216 g/mol. The lowest BCUT2D eigenvalue weighted by atomic mass is 10.0. The van der Waals surface area contributed by atoms with Crippen molar-refractivity contribution in [1.82, 2.24) is 15.2 Å². The summed E-state index contributed by atoms with van der Waals surface area (Å²) in [5, 5.41) is 4.35. The van der Waals surface area contributed by atoms with E-state index in [4.69, 9.17) is 5.84 Å². The normalized spacial score (nSPS) is 12.6. The highest BCUT2D eigenvalue weighted by Gasteiger charge is 2.11. The van der Waals surface area contributed by atoms with E-state index in [9.17, 15) is 0 Å². The molecular weight excluding hydrogens is 200 g/mol. The maximum absolute atomic E-state index is 5.57. The summed E-state index contributed by atoms with van der Waals surface area (Å²) in [6.45, 7) is 0. The highest BCUT2D eigenvalue weighted by molar-refractivity contribution is 5.20. The lowest BCUT2D eigenvalue weighted by molar-refractivity contribution is 0.541. The zero-order chi connectivity index (χ0) is 11.4. The second-order valence-corrected chi connectivity index (χ2v) is 3.81. The van der Waals surface area contributed by atoms with Crippen molar-refractivity contribution in [3.05, 3.63) is 53.9 Å². The van der Waals surface area contributed by atoms with Crippen LogP contribution in [0.25, 0.3) is 0 Å². The smallest absolute Gasteiger partial charge is 0.0643 e. The molecule has 0 bridgehead atoms. The SMILES string of the molecule is Cn1ccc(CC(NN)c2ccccc2)n1. The van der Waals surface area contributed by atoms with Crippen LogP contribution in [0.1, 0.15) is 17.3 Å². The average Bonchev–Trinajstić information content (AvgIpc) is 2.73. The predicted molar refractivity (Wildman–Crippen MR) is 63.4 cm³/mol. The van der Waals surface area contributed by atoms with Crippen molar-refractivity contribution in [1.29, 1.82) is 0 Å². The number of nitrogens with two attached hydrogens (primary N) is 1. The lowest BCUT2D eigenvalue weighted by Crippen LogP contribution is -2.29. The van der Waals surface area contributed by atoms with E-state index in [2.05, 4.69) is 22.7 Å². The Morgan fingerprint density at radius 1 is 1.31 bits per heavy atom.